The molecule has 2 amide bonds. The number of nitrogens with zero attached hydrogens (tertiary/aromatic N) is 2. The fourth-order valence-corrected chi connectivity index (χ4v) is 4.22. The van der Waals surface area contributed by atoms with Gasteiger partial charge in [0.1, 0.15) is 5.54 Å². The van der Waals surface area contributed by atoms with E-state index in [4.69, 9.17) is 5.73 Å². The Morgan fingerprint density at radius 1 is 1.15 bits per heavy atom. The molecule has 3 rings (SSSR count). The molecule has 2 unspecified atom stereocenters. The van der Waals surface area contributed by atoms with Crippen LogP contribution in [0.15, 0.2) is 30.3 Å². The number of hydrogen-bond donors (Lipinski definition) is 1. The van der Waals surface area contributed by atoms with Crippen molar-refractivity contribution in [1.82, 2.24) is 9.80 Å². The highest BCUT2D eigenvalue weighted by Gasteiger charge is 2.48. The van der Waals surface area contributed by atoms with E-state index < -0.39 is 5.54 Å². The molecule has 1 aromatic carbocycles. The molecule has 2 aliphatic rings. The largest absolute Gasteiger partial charge is 0.341 e. The minimum absolute atomic E-state index is 0. The van der Waals surface area contributed by atoms with E-state index in [1.165, 1.54) is 0 Å². The summed E-state index contributed by atoms with van der Waals surface area (Å²) in [5.41, 5.74) is 5.93. The van der Waals surface area contributed by atoms with Crippen LogP contribution in [0.25, 0.3) is 0 Å². The Morgan fingerprint density at radius 2 is 1.77 bits per heavy atom. The smallest absolute Gasteiger partial charge is 0.254 e. The average molecular weight is 380 g/mol. The van der Waals surface area contributed by atoms with Gasteiger partial charge in [0.2, 0.25) is 5.91 Å². The number of nitrogens with two attached hydrogens (primary N) is 1. The number of carbonyl (C=O) groups excluding carboxylic acids is 2. The van der Waals surface area contributed by atoms with E-state index in [2.05, 4.69) is 0 Å². The summed E-state index contributed by atoms with van der Waals surface area (Å²) >= 11 is 0. The molecule has 2 N–H and O–H groups in total. The molecule has 2 heterocycles. The molecular weight excluding hydrogens is 350 g/mol. The van der Waals surface area contributed by atoms with Gasteiger partial charge in [-0.15, -0.1) is 12.4 Å². The van der Waals surface area contributed by atoms with Gasteiger partial charge in [0.05, 0.1) is 0 Å². The number of piperidine rings is 1. The Kier molecular flexibility index (Phi) is 6.69. The predicted octanol–water partition coefficient (Wildman–Crippen LogP) is 2.69. The van der Waals surface area contributed by atoms with E-state index in [-0.39, 0.29) is 30.3 Å². The summed E-state index contributed by atoms with van der Waals surface area (Å²) in [7, 11) is 0. The molecule has 5 nitrogen and oxygen atoms in total. The molecule has 0 spiro atoms. The Morgan fingerprint density at radius 3 is 2.35 bits per heavy atom. The van der Waals surface area contributed by atoms with Crippen LogP contribution in [0.4, 0.5) is 0 Å². The highest BCUT2D eigenvalue weighted by molar-refractivity contribution is 5.99. The van der Waals surface area contributed by atoms with E-state index in [0.29, 0.717) is 18.0 Å². The normalized spacial score (nSPS) is 24.9. The van der Waals surface area contributed by atoms with Crippen LogP contribution in [-0.2, 0) is 4.79 Å². The topological polar surface area (TPSA) is 66.6 Å². The lowest BCUT2D eigenvalue weighted by Crippen LogP contribution is -2.58. The second-order valence-corrected chi connectivity index (χ2v) is 7.69. The van der Waals surface area contributed by atoms with Gasteiger partial charge in [-0.1, -0.05) is 18.2 Å². The molecule has 6 heteroatoms. The standard InChI is InChI=1S/C20H29N3O2.ClH/c1-15(21)16-9-13-22(14-10-16)19(25)20(2)11-6-12-23(20)18(24)17-7-4-3-5-8-17;/h3-5,7-8,15-16H,6,9-14,21H2,1-2H3;1H. The Hall–Kier alpha value is -1.59. The zero-order valence-corrected chi connectivity index (χ0v) is 16.5. The fourth-order valence-electron chi connectivity index (χ4n) is 4.22. The van der Waals surface area contributed by atoms with Crippen molar-refractivity contribution in [3.05, 3.63) is 35.9 Å². The predicted molar refractivity (Wildman–Crippen MR) is 105 cm³/mol. The third-order valence-corrected chi connectivity index (χ3v) is 5.94. The maximum Gasteiger partial charge on any atom is 0.254 e. The average Bonchev–Trinajstić information content (AvgIpc) is 3.04. The summed E-state index contributed by atoms with van der Waals surface area (Å²) in [6, 6.07) is 9.44. The van der Waals surface area contributed by atoms with Gasteiger partial charge in [-0.3, -0.25) is 9.59 Å². The van der Waals surface area contributed by atoms with Crippen LogP contribution in [-0.4, -0.2) is 52.8 Å². The van der Waals surface area contributed by atoms with E-state index in [1.54, 1.807) is 4.90 Å². The van der Waals surface area contributed by atoms with Gasteiger partial charge in [0.25, 0.3) is 5.91 Å². The lowest BCUT2D eigenvalue weighted by atomic mass is 9.89. The van der Waals surface area contributed by atoms with Crippen LogP contribution in [0.1, 0.15) is 49.9 Å². The van der Waals surface area contributed by atoms with Crippen molar-refractivity contribution in [3.63, 3.8) is 0 Å². The molecule has 2 atom stereocenters. The van der Waals surface area contributed by atoms with Crippen LogP contribution >= 0.6 is 12.4 Å². The van der Waals surface area contributed by atoms with Gasteiger partial charge in [-0.2, -0.15) is 0 Å². The number of hydrogen-bond acceptors (Lipinski definition) is 3. The third-order valence-electron chi connectivity index (χ3n) is 5.94. The molecule has 2 fully saturated rings. The lowest BCUT2D eigenvalue weighted by Gasteiger charge is -2.41. The molecule has 0 bridgehead atoms. The van der Waals surface area contributed by atoms with Crippen molar-refractivity contribution in [2.24, 2.45) is 11.7 Å². The van der Waals surface area contributed by atoms with E-state index in [9.17, 15) is 9.59 Å². The zero-order chi connectivity index (χ0) is 18.0. The highest BCUT2D eigenvalue weighted by Crippen LogP contribution is 2.33. The second-order valence-electron chi connectivity index (χ2n) is 7.69. The molecular formula is C20H30ClN3O2. The summed E-state index contributed by atoms with van der Waals surface area (Å²) in [6.45, 7) is 6.11. The Bertz CT molecular complexity index is 629. The summed E-state index contributed by atoms with van der Waals surface area (Å²) in [6.07, 6.45) is 3.51. The van der Waals surface area contributed by atoms with Gasteiger partial charge < -0.3 is 15.5 Å². The molecule has 0 aromatic heterocycles. The minimum atomic E-state index is -0.728. The monoisotopic (exact) mass is 379 g/mol. The molecule has 2 saturated heterocycles. The molecule has 2 aliphatic heterocycles. The number of carbonyl (C=O) groups is 2. The summed E-state index contributed by atoms with van der Waals surface area (Å²) < 4.78 is 0. The SMILES string of the molecule is CC(N)C1CCN(C(=O)C2(C)CCCN2C(=O)c2ccccc2)CC1.Cl. The first-order valence-electron chi connectivity index (χ1n) is 9.35. The van der Waals surface area contributed by atoms with Crippen LogP contribution < -0.4 is 5.73 Å². The number of benzene rings is 1. The quantitative estimate of drug-likeness (QED) is 0.877. The zero-order valence-electron chi connectivity index (χ0n) is 15.7. The summed E-state index contributed by atoms with van der Waals surface area (Å²) in [5, 5.41) is 0. The van der Waals surface area contributed by atoms with Crippen molar-refractivity contribution in [2.45, 2.75) is 51.1 Å². The van der Waals surface area contributed by atoms with Crippen LogP contribution in [0.3, 0.4) is 0 Å². The van der Waals surface area contributed by atoms with Crippen LogP contribution in [0, 0.1) is 5.92 Å². The first-order chi connectivity index (χ1) is 11.9. The van der Waals surface area contributed by atoms with Gasteiger partial charge in [0, 0.05) is 31.2 Å². The highest BCUT2D eigenvalue weighted by atomic mass is 35.5. The van der Waals surface area contributed by atoms with E-state index >= 15 is 0 Å². The second kappa shape index (κ2) is 8.40. The number of likely N-dealkylation sites (tertiary alicyclic amines) is 2. The number of rotatable bonds is 3. The maximum atomic E-state index is 13.2. The van der Waals surface area contributed by atoms with Crippen LogP contribution in [0.5, 0.6) is 0 Å². The minimum Gasteiger partial charge on any atom is -0.341 e. The van der Waals surface area contributed by atoms with Crippen LogP contribution in [0.2, 0.25) is 0 Å². The van der Waals surface area contributed by atoms with E-state index in [1.807, 2.05) is 49.1 Å². The first-order valence-corrected chi connectivity index (χ1v) is 9.35. The molecule has 26 heavy (non-hydrogen) atoms. The van der Waals surface area contributed by atoms with Crippen molar-refractivity contribution < 1.29 is 9.59 Å². The van der Waals surface area contributed by atoms with Crippen molar-refractivity contribution in [1.29, 1.82) is 0 Å². The van der Waals surface area contributed by atoms with Gasteiger partial charge in [-0.25, -0.2) is 0 Å². The molecule has 0 radical (unpaired) electrons. The number of halogens is 1. The van der Waals surface area contributed by atoms with E-state index in [0.717, 1.165) is 38.8 Å². The fraction of sp³-hybridized carbons (Fsp3) is 0.600. The lowest BCUT2D eigenvalue weighted by molar-refractivity contribution is -0.142. The summed E-state index contributed by atoms with van der Waals surface area (Å²) in [4.78, 5) is 29.9. The molecule has 0 aliphatic carbocycles. The summed E-state index contributed by atoms with van der Waals surface area (Å²) in [5.74, 6) is 0.541. The van der Waals surface area contributed by atoms with Crippen molar-refractivity contribution in [2.75, 3.05) is 19.6 Å². The first kappa shape index (κ1) is 20.7. The third kappa shape index (κ3) is 3.89. The Labute approximate surface area is 162 Å². The molecule has 1 aromatic rings. The van der Waals surface area contributed by atoms with Crippen molar-refractivity contribution in [3.8, 4) is 0 Å². The number of amides is 2. The Balaban J connectivity index is 0.00000243. The van der Waals surface area contributed by atoms with Gasteiger partial charge >= 0.3 is 0 Å². The van der Waals surface area contributed by atoms with Crippen molar-refractivity contribution >= 4 is 24.2 Å². The van der Waals surface area contributed by atoms with Gasteiger partial charge in [0.15, 0.2) is 0 Å². The molecule has 144 valence electrons. The maximum absolute atomic E-state index is 13.2. The molecule has 0 saturated carbocycles. The van der Waals surface area contributed by atoms with Gasteiger partial charge in [-0.05, 0) is 57.6 Å².